The van der Waals surface area contributed by atoms with Crippen LogP contribution in [0.2, 0.25) is 0 Å². The second kappa shape index (κ2) is 6.56. The van der Waals surface area contributed by atoms with Gasteiger partial charge in [-0.1, -0.05) is 36.4 Å². The number of nitrogens with zero attached hydrogens (tertiary/aromatic N) is 1. The lowest BCUT2D eigenvalue weighted by Crippen LogP contribution is -2.39. The Bertz CT molecular complexity index is 866. The highest BCUT2D eigenvalue weighted by molar-refractivity contribution is 5.99. The summed E-state index contributed by atoms with van der Waals surface area (Å²) in [5.74, 6) is -1.46. The third-order valence-corrected chi connectivity index (χ3v) is 5.19. The lowest BCUT2D eigenvalue weighted by atomic mass is 10.1. The smallest absolute Gasteiger partial charge is 0.310 e. The van der Waals surface area contributed by atoms with E-state index in [2.05, 4.69) is 0 Å². The summed E-state index contributed by atoms with van der Waals surface area (Å²) in [6.45, 7) is 2.20. The van der Waals surface area contributed by atoms with Crippen LogP contribution in [-0.2, 0) is 20.7 Å². The monoisotopic (exact) mass is 353 g/mol. The van der Waals surface area contributed by atoms with Crippen LogP contribution in [0, 0.1) is 11.7 Å². The van der Waals surface area contributed by atoms with E-state index in [4.69, 9.17) is 4.74 Å². The zero-order valence-corrected chi connectivity index (χ0v) is 14.5. The van der Waals surface area contributed by atoms with E-state index in [1.807, 2.05) is 24.3 Å². The van der Waals surface area contributed by atoms with Crippen molar-refractivity contribution in [2.45, 2.75) is 31.8 Å². The van der Waals surface area contributed by atoms with Crippen molar-refractivity contribution in [2.75, 3.05) is 11.4 Å². The van der Waals surface area contributed by atoms with Crippen molar-refractivity contribution in [1.82, 2.24) is 0 Å². The Hall–Kier alpha value is -2.69. The number of halogens is 1. The first-order chi connectivity index (χ1) is 12.6. The van der Waals surface area contributed by atoms with Crippen LogP contribution < -0.4 is 4.90 Å². The predicted octanol–water partition coefficient (Wildman–Crippen LogP) is 3.45. The van der Waals surface area contributed by atoms with Crippen LogP contribution in [0.1, 0.15) is 30.4 Å². The number of para-hydroxylation sites is 1. The fraction of sp³-hybridized carbons (Fsp3) is 0.333. The lowest BCUT2D eigenvalue weighted by Gasteiger charge is -2.21. The number of benzene rings is 2. The summed E-state index contributed by atoms with van der Waals surface area (Å²) in [5.41, 5.74) is 2.55. The number of anilines is 1. The largest absolute Gasteiger partial charge is 0.452 e. The summed E-state index contributed by atoms with van der Waals surface area (Å²) in [6, 6.07) is 14.2. The van der Waals surface area contributed by atoms with Crippen LogP contribution in [0.3, 0.4) is 0 Å². The Balaban J connectivity index is 1.38. The zero-order valence-electron chi connectivity index (χ0n) is 14.5. The van der Waals surface area contributed by atoms with Gasteiger partial charge in [-0.25, -0.2) is 4.39 Å². The molecule has 134 valence electrons. The normalized spacial score (nSPS) is 21.8. The van der Waals surface area contributed by atoms with E-state index in [1.165, 1.54) is 6.07 Å². The molecule has 3 atom stereocenters. The first-order valence-corrected chi connectivity index (χ1v) is 8.90. The first-order valence-electron chi connectivity index (χ1n) is 8.90. The number of amides is 1. The summed E-state index contributed by atoms with van der Waals surface area (Å²) in [4.78, 5) is 26.7. The molecule has 0 saturated heterocycles. The minimum Gasteiger partial charge on any atom is -0.452 e. The predicted molar refractivity (Wildman–Crippen MR) is 95.3 cm³/mol. The molecule has 1 aliphatic heterocycles. The van der Waals surface area contributed by atoms with Gasteiger partial charge < -0.3 is 9.64 Å². The Morgan fingerprint density at radius 2 is 1.88 bits per heavy atom. The third-order valence-electron chi connectivity index (χ3n) is 5.19. The van der Waals surface area contributed by atoms with E-state index < -0.39 is 12.1 Å². The second-order valence-corrected chi connectivity index (χ2v) is 6.92. The van der Waals surface area contributed by atoms with Gasteiger partial charge in [0.2, 0.25) is 0 Å². The number of fused-ring (bicyclic) bond motifs is 1. The van der Waals surface area contributed by atoms with E-state index in [9.17, 15) is 14.0 Å². The molecular formula is C21H20FNO3. The molecule has 4 rings (SSSR count). The number of carbonyl (C=O) groups is 2. The fourth-order valence-corrected chi connectivity index (χ4v) is 3.67. The van der Waals surface area contributed by atoms with Crippen molar-refractivity contribution in [3.05, 3.63) is 65.5 Å². The van der Waals surface area contributed by atoms with Crippen molar-refractivity contribution < 1.29 is 18.7 Å². The van der Waals surface area contributed by atoms with Crippen LogP contribution in [0.5, 0.6) is 0 Å². The van der Waals surface area contributed by atoms with Gasteiger partial charge in [-0.2, -0.15) is 0 Å². The molecule has 1 fully saturated rings. The molecule has 0 bridgehead atoms. The van der Waals surface area contributed by atoms with Crippen LogP contribution in [0.4, 0.5) is 10.1 Å². The average Bonchev–Trinajstić information content (AvgIpc) is 3.33. The standard InChI is InChI=1S/C21H20FNO3/c1-13(20(24)23-11-10-14-6-2-5-9-19(14)23)26-21(25)17-12-16(17)15-7-3-4-8-18(15)22/h2-9,13,16-17H,10-12H2,1H3. The second-order valence-electron chi connectivity index (χ2n) is 6.92. The Kier molecular flexibility index (Phi) is 4.23. The van der Waals surface area contributed by atoms with E-state index in [-0.39, 0.29) is 23.6 Å². The van der Waals surface area contributed by atoms with Crippen LogP contribution in [-0.4, -0.2) is 24.5 Å². The van der Waals surface area contributed by atoms with Gasteiger partial charge in [0.15, 0.2) is 6.10 Å². The molecule has 26 heavy (non-hydrogen) atoms. The van der Waals surface area contributed by atoms with Gasteiger partial charge >= 0.3 is 5.97 Å². The van der Waals surface area contributed by atoms with Crippen LogP contribution in [0.25, 0.3) is 0 Å². The van der Waals surface area contributed by atoms with Crippen LogP contribution in [0.15, 0.2) is 48.5 Å². The molecule has 2 aromatic carbocycles. The molecule has 1 heterocycles. The van der Waals surface area contributed by atoms with Gasteiger partial charge in [-0.3, -0.25) is 9.59 Å². The van der Waals surface area contributed by atoms with Crippen molar-refractivity contribution in [1.29, 1.82) is 0 Å². The Labute approximate surface area is 151 Å². The number of carbonyl (C=O) groups excluding carboxylic acids is 2. The minimum atomic E-state index is -0.851. The first kappa shape index (κ1) is 16.8. The lowest BCUT2D eigenvalue weighted by molar-refractivity contribution is -0.155. The van der Waals surface area contributed by atoms with Crippen molar-refractivity contribution >= 4 is 17.6 Å². The SMILES string of the molecule is CC(OC(=O)C1CC1c1ccccc1F)C(=O)N1CCc2ccccc21. The van der Waals surface area contributed by atoms with Gasteiger partial charge in [0, 0.05) is 18.2 Å². The maximum atomic E-state index is 13.8. The molecule has 2 aliphatic rings. The number of hydrogen-bond acceptors (Lipinski definition) is 3. The molecular weight excluding hydrogens is 333 g/mol. The highest BCUT2D eigenvalue weighted by atomic mass is 19.1. The molecule has 0 aromatic heterocycles. The molecule has 5 heteroatoms. The number of esters is 1. The topological polar surface area (TPSA) is 46.6 Å². The molecule has 0 radical (unpaired) electrons. The third kappa shape index (κ3) is 2.98. The summed E-state index contributed by atoms with van der Waals surface area (Å²) < 4.78 is 19.2. The number of rotatable bonds is 4. The molecule has 1 saturated carbocycles. The van der Waals surface area contributed by atoms with Crippen molar-refractivity contribution in [2.24, 2.45) is 5.92 Å². The molecule has 4 nitrogen and oxygen atoms in total. The summed E-state index contributed by atoms with van der Waals surface area (Å²) in [6.07, 6.45) is 0.517. The van der Waals surface area contributed by atoms with Gasteiger partial charge in [-0.15, -0.1) is 0 Å². The average molecular weight is 353 g/mol. The van der Waals surface area contributed by atoms with Crippen LogP contribution >= 0.6 is 0 Å². The summed E-state index contributed by atoms with van der Waals surface area (Å²) in [7, 11) is 0. The molecule has 0 spiro atoms. The molecule has 1 amide bonds. The quantitative estimate of drug-likeness (QED) is 0.791. The zero-order chi connectivity index (χ0) is 18.3. The molecule has 0 N–H and O–H groups in total. The highest BCUT2D eigenvalue weighted by Gasteiger charge is 2.47. The van der Waals surface area contributed by atoms with E-state index in [0.717, 1.165) is 17.7 Å². The van der Waals surface area contributed by atoms with E-state index in [1.54, 1.807) is 30.0 Å². The maximum absolute atomic E-state index is 13.8. The maximum Gasteiger partial charge on any atom is 0.310 e. The van der Waals surface area contributed by atoms with Gasteiger partial charge in [0.25, 0.3) is 5.91 Å². The van der Waals surface area contributed by atoms with Crippen molar-refractivity contribution in [3.8, 4) is 0 Å². The number of ether oxygens (including phenoxy) is 1. The molecule has 2 aromatic rings. The van der Waals surface area contributed by atoms with Gasteiger partial charge in [0.05, 0.1) is 5.92 Å². The Morgan fingerprint density at radius 1 is 1.15 bits per heavy atom. The number of hydrogen-bond donors (Lipinski definition) is 0. The van der Waals surface area contributed by atoms with Gasteiger partial charge in [0.1, 0.15) is 5.82 Å². The highest BCUT2D eigenvalue weighted by Crippen LogP contribution is 2.49. The Morgan fingerprint density at radius 3 is 2.69 bits per heavy atom. The minimum absolute atomic E-state index is 0.154. The van der Waals surface area contributed by atoms with Crippen molar-refractivity contribution in [3.63, 3.8) is 0 Å². The van der Waals surface area contributed by atoms with E-state index >= 15 is 0 Å². The molecule has 1 aliphatic carbocycles. The summed E-state index contributed by atoms with van der Waals surface area (Å²) >= 11 is 0. The van der Waals surface area contributed by atoms with E-state index in [0.29, 0.717) is 18.5 Å². The van der Waals surface area contributed by atoms with Gasteiger partial charge in [-0.05, 0) is 43.0 Å². The molecule has 3 unspecified atom stereocenters. The fourth-order valence-electron chi connectivity index (χ4n) is 3.67. The summed E-state index contributed by atoms with van der Waals surface area (Å²) in [5, 5.41) is 0.